The second kappa shape index (κ2) is 10.5. The molecule has 1 heterocycles. The fourth-order valence-electron chi connectivity index (χ4n) is 2.75. The summed E-state index contributed by atoms with van der Waals surface area (Å²) in [5.74, 6) is 0. The molecule has 0 aliphatic carbocycles. The van der Waals surface area contributed by atoms with E-state index in [0.717, 1.165) is 45.3 Å². The zero-order chi connectivity index (χ0) is 15.7. The molecule has 0 aromatic heterocycles. The van der Waals surface area contributed by atoms with E-state index in [2.05, 4.69) is 6.92 Å². The SMILES string of the molecule is CCCOCCCCCCN1C[C@H](O)[C@@H](O)[C@H](O)[C@H]1CO. The van der Waals surface area contributed by atoms with Crippen LogP contribution in [-0.4, -0.2) is 82.6 Å². The number of hydrogen-bond donors (Lipinski definition) is 4. The molecule has 1 saturated heterocycles. The predicted octanol–water partition coefficient (Wildman–Crippen LogP) is -0.267. The Kier molecular flexibility index (Phi) is 9.39. The fraction of sp³-hybridized carbons (Fsp3) is 1.00. The second-order valence-corrected chi connectivity index (χ2v) is 5.82. The number of rotatable bonds is 10. The molecule has 6 heteroatoms. The zero-order valence-electron chi connectivity index (χ0n) is 13.0. The lowest BCUT2D eigenvalue weighted by Gasteiger charge is -2.43. The van der Waals surface area contributed by atoms with E-state index in [1.54, 1.807) is 0 Å². The molecule has 0 bridgehead atoms. The zero-order valence-corrected chi connectivity index (χ0v) is 13.0. The third-order valence-corrected chi connectivity index (χ3v) is 4.05. The van der Waals surface area contributed by atoms with Gasteiger partial charge in [-0.2, -0.15) is 0 Å². The monoisotopic (exact) mass is 305 g/mol. The van der Waals surface area contributed by atoms with Crippen molar-refractivity contribution in [2.75, 3.05) is 32.9 Å². The summed E-state index contributed by atoms with van der Waals surface area (Å²) in [5.41, 5.74) is 0. The first-order valence-electron chi connectivity index (χ1n) is 8.08. The molecule has 0 spiro atoms. The summed E-state index contributed by atoms with van der Waals surface area (Å²) in [4.78, 5) is 1.87. The number of likely N-dealkylation sites (tertiary alicyclic amines) is 1. The van der Waals surface area contributed by atoms with E-state index in [0.29, 0.717) is 13.1 Å². The Balaban J connectivity index is 2.18. The maximum atomic E-state index is 9.87. The molecule has 0 radical (unpaired) electrons. The summed E-state index contributed by atoms with van der Waals surface area (Å²) >= 11 is 0. The molecule has 0 saturated carbocycles. The average molecular weight is 305 g/mol. The van der Waals surface area contributed by atoms with Crippen LogP contribution in [0.15, 0.2) is 0 Å². The van der Waals surface area contributed by atoms with E-state index in [1.807, 2.05) is 4.90 Å². The summed E-state index contributed by atoms with van der Waals surface area (Å²) in [6.07, 6.45) is 1.97. The van der Waals surface area contributed by atoms with Gasteiger partial charge in [0.2, 0.25) is 0 Å². The minimum absolute atomic E-state index is 0.212. The molecule has 21 heavy (non-hydrogen) atoms. The number of ether oxygens (including phenoxy) is 1. The topological polar surface area (TPSA) is 93.4 Å². The Labute approximate surface area is 127 Å². The highest BCUT2D eigenvalue weighted by Gasteiger charge is 2.40. The van der Waals surface area contributed by atoms with Crippen LogP contribution in [0.25, 0.3) is 0 Å². The Hall–Kier alpha value is -0.240. The number of aliphatic hydroxyl groups is 4. The Morgan fingerprint density at radius 1 is 1.00 bits per heavy atom. The highest BCUT2D eigenvalue weighted by atomic mass is 16.5. The van der Waals surface area contributed by atoms with Crippen molar-refractivity contribution < 1.29 is 25.2 Å². The Morgan fingerprint density at radius 2 is 1.71 bits per heavy atom. The largest absolute Gasteiger partial charge is 0.395 e. The van der Waals surface area contributed by atoms with Crippen molar-refractivity contribution in [2.24, 2.45) is 0 Å². The normalized spacial score (nSPS) is 30.7. The van der Waals surface area contributed by atoms with E-state index in [-0.39, 0.29) is 6.61 Å². The number of piperidine rings is 1. The van der Waals surface area contributed by atoms with Crippen LogP contribution in [0, 0.1) is 0 Å². The van der Waals surface area contributed by atoms with Gasteiger partial charge in [0.1, 0.15) is 12.2 Å². The first kappa shape index (κ1) is 18.8. The molecular formula is C15H31NO5. The summed E-state index contributed by atoms with van der Waals surface area (Å²) in [5, 5.41) is 38.6. The number of hydrogen-bond acceptors (Lipinski definition) is 6. The molecule has 0 amide bonds. The van der Waals surface area contributed by atoms with Crippen molar-refractivity contribution in [1.82, 2.24) is 4.90 Å². The lowest BCUT2D eigenvalue weighted by atomic mass is 9.94. The molecule has 0 aromatic carbocycles. The second-order valence-electron chi connectivity index (χ2n) is 5.82. The third-order valence-electron chi connectivity index (χ3n) is 4.05. The maximum absolute atomic E-state index is 9.87. The quantitative estimate of drug-likeness (QED) is 0.415. The van der Waals surface area contributed by atoms with Crippen LogP contribution in [-0.2, 0) is 4.74 Å². The van der Waals surface area contributed by atoms with Gasteiger partial charge in [-0.15, -0.1) is 0 Å². The Bertz CT molecular complexity index is 266. The van der Waals surface area contributed by atoms with Crippen LogP contribution in [0.2, 0.25) is 0 Å². The predicted molar refractivity (Wildman–Crippen MR) is 80.0 cm³/mol. The van der Waals surface area contributed by atoms with Gasteiger partial charge in [-0.1, -0.05) is 19.8 Å². The van der Waals surface area contributed by atoms with Gasteiger partial charge < -0.3 is 25.2 Å². The third kappa shape index (κ3) is 6.18. The number of β-amino-alcohol motifs (C(OH)–C–C–N with tert-alkyl or cyclic N) is 1. The number of unbranched alkanes of at least 4 members (excludes halogenated alkanes) is 3. The highest BCUT2D eigenvalue weighted by Crippen LogP contribution is 2.19. The van der Waals surface area contributed by atoms with Crippen molar-refractivity contribution in [3.63, 3.8) is 0 Å². The lowest BCUT2D eigenvalue weighted by molar-refractivity contribution is -0.145. The summed E-state index contributed by atoms with van der Waals surface area (Å²) in [7, 11) is 0. The molecule has 6 nitrogen and oxygen atoms in total. The first-order chi connectivity index (χ1) is 10.1. The van der Waals surface area contributed by atoms with Gasteiger partial charge in [-0.25, -0.2) is 0 Å². The van der Waals surface area contributed by atoms with E-state index in [4.69, 9.17) is 4.74 Å². The molecule has 0 unspecified atom stereocenters. The number of aliphatic hydroxyl groups excluding tert-OH is 4. The highest BCUT2D eigenvalue weighted by molar-refractivity contribution is 4.93. The van der Waals surface area contributed by atoms with Crippen molar-refractivity contribution in [2.45, 2.75) is 63.4 Å². The van der Waals surface area contributed by atoms with Gasteiger partial charge in [0, 0.05) is 19.8 Å². The molecule has 0 aromatic rings. The summed E-state index contributed by atoms with van der Waals surface area (Å²) in [6.45, 7) is 4.52. The lowest BCUT2D eigenvalue weighted by Crippen LogP contribution is -2.62. The molecule has 1 rings (SSSR count). The first-order valence-corrected chi connectivity index (χ1v) is 8.08. The van der Waals surface area contributed by atoms with Crippen molar-refractivity contribution in [3.8, 4) is 0 Å². The standard InChI is InChI=1S/C15H31NO5/c1-2-8-21-9-6-4-3-5-7-16-10-13(18)15(20)14(19)12(16)11-17/h12-15,17-20H,2-11H2,1H3/t12-,13+,14-,15-/m1/s1. The van der Waals surface area contributed by atoms with Crippen molar-refractivity contribution in [3.05, 3.63) is 0 Å². The maximum Gasteiger partial charge on any atom is 0.109 e. The summed E-state index contributed by atoms with van der Waals surface area (Å²) < 4.78 is 5.42. The van der Waals surface area contributed by atoms with Crippen LogP contribution >= 0.6 is 0 Å². The Morgan fingerprint density at radius 3 is 2.38 bits per heavy atom. The molecular weight excluding hydrogens is 274 g/mol. The van der Waals surface area contributed by atoms with Crippen LogP contribution in [0.5, 0.6) is 0 Å². The van der Waals surface area contributed by atoms with E-state index >= 15 is 0 Å². The van der Waals surface area contributed by atoms with Gasteiger partial charge in [-0.05, 0) is 25.8 Å². The molecule has 126 valence electrons. The van der Waals surface area contributed by atoms with E-state index in [1.165, 1.54) is 0 Å². The molecule has 1 fully saturated rings. The van der Waals surface area contributed by atoms with Gasteiger partial charge in [0.25, 0.3) is 0 Å². The van der Waals surface area contributed by atoms with Crippen molar-refractivity contribution in [1.29, 1.82) is 0 Å². The van der Waals surface area contributed by atoms with E-state index < -0.39 is 24.4 Å². The minimum atomic E-state index is -1.17. The van der Waals surface area contributed by atoms with Crippen LogP contribution in [0.1, 0.15) is 39.0 Å². The molecule has 4 N–H and O–H groups in total. The molecule has 1 aliphatic rings. The smallest absolute Gasteiger partial charge is 0.109 e. The van der Waals surface area contributed by atoms with E-state index in [9.17, 15) is 20.4 Å². The van der Waals surface area contributed by atoms with Crippen LogP contribution in [0.3, 0.4) is 0 Å². The van der Waals surface area contributed by atoms with Crippen LogP contribution in [0.4, 0.5) is 0 Å². The molecule has 4 atom stereocenters. The molecule has 1 aliphatic heterocycles. The van der Waals surface area contributed by atoms with Gasteiger partial charge in [0.05, 0.1) is 18.8 Å². The number of nitrogens with zero attached hydrogens (tertiary/aromatic N) is 1. The summed E-state index contributed by atoms with van der Waals surface area (Å²) in [6, 6.07) is -0.490. The van der Waals surface area contributed by atoms with Gasteiger partial charge in [-0.3, -0.25) is 4.90 Å². The van der Waals surface area contributed by atoms with Crippen molar-refractivity contribution >= 4 is 0 Å². The average Bonchev–Trinajstić information content (AvgIpc) is 2.48. The van der Waals surface area contributed by atoms with Gasteiger partial charge in [0.15, 0.2) is 0 Å². The minimum Gasteiger partial charge on any atom is -0.395 e. The van der Waals surface area contributed by atoms with Gasteiger partial charge >= 0.3 is 0 Å². The fourth-order valence-corrected chi connectivity index (χ4v) is 2.75. The van der Waals surface area contributed by atoms with Crippen LogP contribution < -0.4 is 0 Å².